The van der Waals surface area contributed by atoms with Gasteiger partial charge in [0.1, 0.15) is 0 Å². The summed E-state index contributed by atoms with van der Waals surface area (Å²) in [5.41, 5.74) is 0. The van der Waals surface area contributed by atoms with Crippen molar-refractivity contribution in [3.05, 3.63) is 0 Å². The third kappa shape index (κ3) is 3.20. The Hall–Kier alpha value is -0.590. The fourth-order valence-electron chi connectivity index (χ4n) is 3.36. The maximum absolute atomic E-state index is 9.34. The molecule has 0 spiro atoms. The van der Waals surface area contributed by atoms with Crippen molar-refractivity contribution < 1.29 is 4.74 Å². The van der Waals surface area contributed by atoms with Crippen LogP contribution < -0.4 is 0 Å². The van der Waals surface area contributed by atoms with Crippen molar-refractivity contribution in [3.8, 4) is 6.07 Å². The third-order valence-electron chi connectivity index (χ3n) is 4.06. The van der Waals surface area contributed by atoms with Crippen LogP contribution in [-0.2, 0) is 4.74 Å². The molecule has 1 aliphatic heterocycles. The molecule has 17 heavy (non-hydrogen) atoms. The van der Waals surface area contributed by atoms with Crippen molar-refractivity contribution in [2.24, 2.45) is 5.92 Å². The Bertz CT molecular complexity index is 276. The fraction of sp³-hybridized carbons (Fsp3) is 0.929. The molecule has 96 valence electrons. The normalized spacial score (nSPS) is 40.5. The maximum atomic E-state index is 9.34. The second kappa shape index (κ2) is 5.84. The molecule has 2 unspecified atom stereocenters. The second-order valence-corrected chi connectivity index (χ2v) is 5.65. The Kier molecular flexibility index (Phi) is 4.42. The zero-order valence-electron chi connectivity index (χ0n) is 11.1. The molecule has 0 aromatic rings. The van der Waals surface area contributed by atoms with Gasteiger partial charge in [0.25, 0.3) is 0 Å². The van der Waals surface area contributed by atoms with E-state index in [-0.39, 0.29) is 5.92 Å². The van der Waals surface area contributed by atoms with E-state index in [0.29, 0.717) is 18.2 Å². The summed E-state index contributed by atoms with van der Waals surface area (Å²) in [5.74, 6) is 0.231. The van der Waals surface area contributed by atoms with Gasteiger partial charge in [-0.3, -0.25) is 4.90 Å². The van der Waals surface area contributed by atoms with Crippen molar-refractivity contribution in [3.63, 3.8) is 0 Å². The van der Waals surface area contributed by atoms with Gasteiger partial charge in [-0.25, -0.2) is 0 Å². The summed E-state index contributed by atoms with van der Waals surface area (Å²) >= 11 is 0. The Balaban J connectivity index is 2.04. The lowest BCUT2D eigenvalue weighted by molar-refractivity contribution is -0.0852. The largest absolute Gasteiger partial charge is 0.373 e. The molecule has 1 saturated carbocycles. The molecule has 0 aromatic heterocycles. The lowest BCUT2D eigenvalue weighted by Gasteiger charge is -2.41. The Labute approximate surface area is 105 Å². The van der Waals surface area contributed by atoms with Crippen molar-refractivity contribution in [1.82, 2.24) is 4.90 Å². The number of hydrogen-bond donors (Lipinski definition) is 0. The summed E-state index contributed by atoms with van der Waals surface area (Å²) < 4.78 is 5.78. The van der Waals surface area contributed by atoms with Crippen LogP contribution in [-0.4, -0.2) is 36.2 Å². The Morgan fingerprint density at radius 1 is 1.06 bits per heavy atom. The molecule has 2 fully saturated rings. The summed E-state index contributed by atoms with van der Waals surface area (Å²) in [7, 11) is 0. The van der Waals surface area contributed by atoms with Crippen molar-refractivity contribution in [2.45, 2.75) is 64.2 Å². The summed E-state index contributed by atoms with van der Waals surface area (Å²) in [5, 5.41) is 9.34. The van der Waals surface area contributed by atoms with Gasteiger partial charge in [-0.05, 0) is 26.7 Å². The minimum Gasteiger partial charge on any atom is -0.373 e. The average molecular weight is 236 g/mol. The molecular formula is C14H24N2O. The van der Waals surface area contributed by atoms with Crippen LogP contribution in [0.15, 0.2) is 0 Å². The topological polar surface area (TPSA) is 36.3 Å². The smallest absolute Gasteiger partial charge is 0.0678 e. The molecule has 0 bridgehead atoms. The van der Waals surface area contributed by atoms with Crippen LogP contribution in [0.25, 0.3) is 0 Å². The monoisotopic (exact) mass is 236 g/mol. The first-order chi connectivity index (χ1) is 8.20. The van der Waals surface area contributed by atoms with Crippen molar-refractivity contribution in [1.29, 1.82) is 5.26 Å². The first kappa shape index (κ1) is 12.9. The average Bonchev–Trinajstić information content (AvgIpc) is 2.52. The highest BCUT2D eigenvalue weighted by molar-refractivity contribution is 4.96. The number of hydrogen-bond acceptors (Lipinski definition) is 3. The zero-order chi connectivity index (χ0) is 12.3. The maximum Gasteiger partial charge on any atom is 0.0678 e. The quantitative estimate of drug-likeness (QED) is 0.656. The molecule has 0 amide bonds. The highest BCUT2D eigenvalue weighted by Crippen LogP contribution is 2.29. The number of ether oxygens (including phenoxy) is 1. The first-order valence-corrected chi connectivity index (χ1v) is 7.00. The van der Waals surface area contributed by atoms with E-state index in [4.69, 9.17) is 4.74 Å². The summed E-state index contributed by atoms with van der Waals surface area (Å²) in [6.45, 7) is 6.27. The molecule has 0 N–H and O–H groups in total. The Morgan fingerprint density at radius 3 is 2.35 bits per heavy atom. The van der Waals surface area contributed by atoms with Gasteiger partial charge in [-0.2, -0.15) is 5.26 Å². The molecule has 0 radical (unpaired) electrons. The van der Waals surface area contributed by atoms with E-state index in [1.165, 1.54) is 25.7 Å². The molecule has 3 nitrogen and oxygen atoms in total. The first-order valence-electron chi connectivity index (χ1n) is 7.00. The molecule has 1 aliphatic carbocycles. The molecule has 4 atom stereocenters. The molecule has 1 saturated heterocycles. The summed E-state index contributed by atoms with van der Waals surface area (Å²) in [6, 6.07) is 3.01. The van der Waals surface area contributed by atoms with Crippen molar-refractivity contribution in [2.75, 3.05) is 13.1 Å². The standard InChI is InChI=1S/C14H24N2O/c1-11-9-16(10-12(2)17-11)14-7-5-3-4-6-13(14)8-15/h11-14H,3-7,9-10H2,1-2H3/t11-,12+,13?,14?. The highest BCUT2D eigenvalue weighted by atomic mass is 16.5. The van der Waals surface area contributed by atoms with Gasteiger partial charge < -0.3 is 4.74 Å². The van der Waals surface area contributed by atoms with Crippen LogP contribution in [0.3, 0.4) is 0 Å². The van der Waals surface area contributed by atoms with E-state index in [0.717, 1.165) is 19.5 Å². The van der Waals surface area contributed by atoms with Gasteiger partial charge >= 0.3 is 0 Å². The lowest BCUT2D eigenvalue weighted by Crippen LogP contribution is -2.52. The Morgan fingerprint density at radius 2 is 1.71 bits per heavy atom. The van der Waals surface area contributed by atoms with Gasteiger partial charge in [-0.15, -0.1) is 0 Å². The van der Waals surface area contributed by atoms with Crippen LogP contribution in [0, 0.1) is 17.2 Å². The number of nitrogens with zero attached hydrogens (tertiary/aromatic N) is 2. The van der Waals surface area contributed by atoms with Crippen LogP contribution in [0.1, 0.15) is 46.0 Å². The van der Waals surface area contributed by atoms with E-state index in [9.17, 15) is 5.26 Å². The molecule has 3 heteroatoms. The van der Waals surface area contributed by atoms with Gasteiger partial charge in [0.05, 0.1) is 24.2 Å². The summed E-state index contributed by atoms with van der Waals surface area (Å²) in [6.07, 6.45) is 6.69. The van der Waals surface area contributed by atoms with Crippen molar-refractivity contribution >= 4 is 0 Å². The molecular weight excluding hydrogens is 212 g/mol. The van der Waals surface area contributed by atoms with Gasteiger partial charge in [-0.1, -0.05) is 19.3 Å². The van der Waals surface area contributed by atoms with E-state index in [1.807, 2.05) is 0 Å². The lowest BCUT2D eigenvalue weighted by atomic mass is 9.94. The van der Waals surface area contributed by atoms with E-state index in [2.05, 4.69) is 24.8 Å². The van der Waals surface area contributed by atoms with E-state index < -0.39 is 0 Å². The number of nitriles is 1. The molecule has 1 heterocycles. The van der Waals surface area contributed by atoms with Crippen LogP contribution in [0.2, 0.25) is 0 Å². The molecule has 0 aromatic carbocycles. The van der Waals surface area contributed by atoms with Gasteiger partial charge in [0.15, 0.2) is 0 Å². The predicted molar refractivity (Wildman–Crippen MR) is 67.6 cm³/mol. The third-order valence-corrected chi connectivity index (χ3v) is 4.06. The highest BCUT2D eigenvalue weighted by Gasteiger charge is 2.33. The van der Waals surface area contributed by atoms with Gasteiger partial charge in [0.2, 0.25) is 0 Å². The molecule has 2 rings (SSSR count). The van der Waals surface area contributed by atoms with E-state index >= 15 is 0 Å². The minimum absolute atomic E-state index is 0.231. The van der Waals surface area contributed by atoms with Crippen LogP contribution in [0.5, 0.6) is 0 Å². The van der Waals surface area contributed by atoms with E-state index in [1.54, 1.807) is 0 Å². The fourth-order valence-corrected chi connectivity index (χ4v) is 3.36. The number of rotatable bonds is 1. The zero-order valence-corrected chi connectivity index (χ0v) is 11.1. The van der Waals surface area contributed by atoms with Gasteiger partial charge in [0, 0.05) is 19.1 Å². The summed E-state index contributed by atoms with van der Waals surface area (Å²) in [4.78, 5) is 2.51. The molecule has 2 aliphatic rings. The number of morpholine rings is 1. The minimum atomic E-state index is 0.231. The second-order valence-electron chi connectivity index (χ2n) is 5.65. The van der Waals surface area contributed by atoms with Crippen LogP contribution in [0.4, 0.5) is 0 Å². The SMILES string of the molecule is C[C@@H]1CN(C2CCCCCC2C#N)C[C@H](C)O1. The van der Waals surface area contributed by atoms with Crippen LogP contribution >= 0.6 is 0 Å². The predicted octanol–water partition coefficient (Wildman–Crippen LogP) is 2.57.